The highest BCUT2D eigenvalue weighted by Crippen LogP contribution is 2.50. The molecule has 0 amide bonds. The Morgan fingerprint density at radius 2 is 1.78 bits per heavy atom. The second-order valence-corrected chi connectivity index (χ2v) is 8.55. The summed E-state index contributed by atoms with van der Waals surface area (Å²) in [7, 11) is 1.42. The number of Topliss-reactive ketones (excluding diaryl/α,β-unsaturated/α-hetero) is 2. The summed E-state index contributed by atoms with van der Waals surface area (Å²) >= 11 is 0.963. The summed E-state index contributed by atoms with van der Waals surface area (Å²) in [4.78, 5) is 33.9. The molecule has 3 heterocycles. The molecule has 0 unspecified atom stereocenters. The fourth-order valence-corrected chi connectivity index (χ4v) is 4.79. The maximum atomic E-state index is 13.3. The third-order valence-corrected chi connectivity index (χ3v) is 6.49. The van der Waals surface area contributed by atoms with Crippen LogP contribution < -0.4 is 4.74 Å². The molecule has 3 aromatic rings. The number of methoxy groups -OCH3 is 1. The van der Waals surface area contributed by atoms with E-state index in [0.717, 1.165) is 23.5 Å². The number of alkyl halides is 6. The lowest BCUT2D eigenvalue weighted by atomic mass is 9.89. The van der Waals surface area contributed by atoms with E-state index in [0.29, 0.717) is 29.0 Å². The van der Waals surface area contributed by atoms with Gasteiger partial charge < -0.3 is 9.84 Å². The Morgan fingerprint density at radius 3 is 2.42 bits per heavy atom. The number of aliphatic hydroxyl groups is 1. The molecule has 0 saturated heterocycles. The molecule has 188 valence electrons. The molecular formula is C23H14F6N2O4S. The van der Waals surface area contributed by atoms with Crippen molar-refractivity contribution in [3.63, 3.8) is 0 Å². The van der Waals surface area contributed by atoms with Crippen LogP contribution in [-0.2, 0) is 5.60 Å². The fourth-order valence-electron chi connectivity index (χ4n) is 3.69. The van der Waals surface area contributed by atoms with Crippen molar-refractivity contribution in [2.24, 2.45) is 4.99 Å². The monoisotopic (exact) mass is 528 g/mol. The Labute approximate surface area is 202 Å². The average Bonchev–Trinajstić information content (AvgIpc) is 3.28. The van der Waals surface area contributed by atoms with Crippen LogP contribution in [0.1, 0.15) is 31.2 Å². The van der Waals surface area contributed by atoms with Crippen molar-refractivity contribution in [3.05, 3.63) is 69.7 Å². The van der Waals surface area contributed by atoms with Crippen LogP contribution in [0.4, 0.5) is 26.3 Å². The molecule has 0 saturated carbocycles. The summed E-state index contributed by atoms with van der Waals surface area (Å²) in [6.45, 7) is -0.454. The second-order valence-electron chi connectivity index (χ2n) is 7.67. The van der Waals surface area contributed by atoms with Gasteiger partial charge in [0.15, 0.2) is 5.78 Å². The molecule has 0 aliphatic carbocycles. The lowest BCUT2D eigenvalue weighted by Crippen LogP contribution is -2.54. The number of hydrogen-bond acceptors (Lipinski definition) is 7. The zero-order chi connectivity index (χ0) is 26.5. The number of halogens is 6. The average molecular weight is 528 g/mol. The zero-order valence-corrected chi connectivity index (χ0v) is 18.9. The van der Waals surface area contributed by atoms with Crippen molar-refractivity contribution < 1.29 is 45.8 Å². The molecule has 0 fully saturated rings. The van der Waals surface area contributed by atoms with Gasteiger partial charge in [-0.3, -0.25) is 19.6 Å². The highest BCUT2D eigenvalue weighted by atomic mass is 32.1. The third kappa shape index (κ3) is 4.07. The number of benzene rings is 1. The first-order valence-corrected chi connectivity index (χ1v) is 10.9. The number of ketones is 2. The van der Waals surface area contributed by atoms with Gasteiger partial charge in [0.2, 0.25) is 5.78 Å². The highest BCUT2D eigenvalue weighted by molar-refractivity contribution is 7.14. The van der Waals surface area contributed by atoms with E-state index in [1.807, 2.05) is 0 Å². The Hall–Kier alpha value is -3.58. The number of nitrogens with zero attached hydrogens (tertiary/aromatic N) is 2. The predicted octanol–water partition coefficient (Wildman–Crippen LogP) is 5.00. The minimum Gasteiger partial charge on any atom is -0.495 e. The van der Waals surface area contributed by atoms with Crippen LogP contribution in [-0.4, -0.2) is 53.4 Å². The van der Waals surface area contributed by atoms with E-state index in [2.05, 4.69) is 9.98 Å². The van der Waals surface area contributed by atoms with Crippen LogP contribution in [0.2, 0.25) is 0 Å². The van der Waals surface area contributed by atoms with E-state index in [4.69, 9.17) is 4.74 Å². The maximum absolute atomic E-state index is 13.3. The van der Waals surface area contributed by atoms with Gasteiger partial charge in [0, 0.05) is 39.4 Å². The third-order valence-electron chi connectivity index (χ3n) is 5.50. The highest BCUT2D eigenvalue weighted by Gasteiger charge is 2.71. The number of carbonyl (C=O) groups is 2. The number of rotatable bonds is 5. The Kier molecular flexibility index (Phi) is 6.25. The van der Waals surface area contributed by atoms with E-state index < -0.39 is 47.2 Å². The number of thiophene rings is 1. The molecule has 1 aliphatic rings. The van der Waals surface area contributed by atoms with Crippen molar-refractivity contribution in [3.8, 4) is 16.9 Å². The number of ether oxygens (including phenoxy) is 1. The van der Waals surface area contributed by atoms with Crippen LogP contribution in [0.15, 0.2) is 53.1 Å². The van der Waals surface area contributed by atoms with Gasteiger partial charge in [-0.05, 0) is 12.1 Å². The number of fused-ring (bicyclic) bond motifs is 1. The summed E-state index contributed by atoms with van der Waals surface area (Å²) in [5.74, 6) is -1.04. The quantitative estimate of drug-likeness (QED) is 0.372. The van der Waals surface area contributed by atoms with Crippen LogP contribution in [0.25, 0.3) is 11.1 Å². The normalized spacial score (nSPS) is 14.3. The van der Waals surface area contributed by atoms with E-state index in [1.54, 1.807) is 11.4 Å². The van der Waals surface area contributed by atoms with Crippen LogP contribution in [0, 0.1) is 0 Å². The number of pyridine rings is 1. The predicted molar refractivity (Wildman–Crippen MR) is 117 cm³/mol. The van der Waals surface area contributed by atoms with Gasteiger partial charge in [0.05, 0.1) is 18.2 Å². The van der Waals surface area contributed by atoms with Crippen molar-refractivity contribution >= 4 is 28.6 Å². The Morgan fingerprint density at radius 1 is 1.08 bits per heavy atom. The Bertz CT molecular complexity index is 1380. The lowest BCUT2D eigenvalue weighted by molar-refractivity contribution is -0.376. The molecule has 0 spiro atoms. The first-order chi connectivity index (χ1) is 16.8. The van der Waals surface area contributed by atoms with Gasteiger partial charge in [-0.25, -0.2) is 0 Å². The van der Waals surface area contributed by atoms with Crippen LogP contribution >= 0.6 is 11.3 Å². The summed E-state index contributed by atoms with van der Waals surface area (Å²) in [5.41, 5.74) is -6.59. The van der Waals surface area contributed by atoms with Gasteiger partial charge in [0.25, 0.3) is 5.60 Å². The standard InChI is InChI=1S/C23H14F6N2O4S/c1-35-14-6-12(7-30-8-14)15-10-36-20-17(15)16(32)9-31-18(20)19(33)11-3-2-4-13(5-11)21(34,22(24,25)26)23(27,28)29/h2-8,10,34H,9H2,1H3. The molecule has 1 N–H and O–H groups in total. The largest absolute Gasteiger partial charge is 0.495 e. The van der Waals surface area contributed by atoms with Crippen molar-refractivity contribution in [1.82, 2.24) is 4.98 Å². The lowest BCUT2D eigenvalue weighted by Gasteiger charge is -2.32. The van der Waals surface area contributed by atoms with Crippen molar-refractivity contribution in [2.45, 2.75) is 18.0 Å². The molecule has 6 nitrogen and oxygen atoms in total. The van der Waals surface area contributed by atoms with Crippen molar-refractivity contribution in [1.29, 1.82) is 0 Å². The smallest absolute Gasteiger partial charge is 0.430 e. The van der Waals surface area contributed by atoms with E-state index >= 15 is 0 Å². The molecule has 0 bridgehead atoms. The van der Waals surface area contributed by atoms with Gasteiger partial charge in [-0.1, -0.05) is 18.2 Å². The van der Waals surface area contributed by atoms with E-state index in [1.165, 1.54) is 19.5 Å². The van der Waals surface area contributed by atoms with Crippen LogP contribution in [0.5, 0.6) is 5.75 Å². The molecule has 1 aromatic carbocycles. The first-order valence-electron chi connectivity index (χ1n) is 9.99. The second kappa shape index (κ2) is 8.82. The molecule has 13 heteroatoms. The SMILES string of the molecule is COc1cncc(-c2csc3c2C(=O)CN=C3C(=O)c2cccc(C(O)(C(F)(F)F)C(F)(F)F)c2)c1. The molecule has 2 aromatic heterocycles. The number of carbonyl (C=O) groups excluding carboxylic acids is 2. The van der Waals surface area contributed by atoms with Gasteiger partial charge in [-0.15, -0.1) is 11.3 Å². The molecular weight excluding hydrogens is 514 g/mol. The van der Waals surface area contributed by atoms with E-state index in [-0.39, 0.29) is 16.2 Å². The summed E-state index contributed by atoms with van der Waals surface area (Å²) in [6, 6.07) is 4.14. The van der Waals surface area contributed by atoms with Gasteiger partial charge in [-0.2, -0.15) is 26.3 Å². The van der Waals surface area contributed by atoms with Crippen molar-refractivity contribution in [2.75, 3.05) is 13.7 Å². The molecule has 36 heavy (non-hydrogen) atoms. The number of aliphatic imine (C=N–C) groups is 1. The van der Waals surface area contributed by atoms with E-state index in [9.17, 15) is 41.0 Å². The Balaban J connectivity index is 1.78. The fraction of sp³-hybridized carbons (Fsp3) is 0.217. The van der Waals surface area contributed by atoms with Gasteiger partial charge >= 0.3 is 12.4 Å². The number of hydrogen-bond donors (Lipinski definition) is 1. The summed E-state index contributed by atoms with van der Waals surface area (Å²) in [6.07, 6.45) is -9.31. The minimum absolute atomic E-state index is 0.112. The maximum Gasteiger partial charge on any atom is 0.430 e. The number of aromatic nitrogens is 1. The topological polar surface area (TPSA) is 88.9 Å². The first kappa shape index (κ1) is 25.5. The molecule has 1 aliphatic heterocycles. The zero-order valence-electron chi connectivity index (χ0n) is 18.1. The van der Waals surface area contributed by atoms with Crippen LogP contribution in [0.3, 0.4) is 0 Å². The minimum atomic E-state index is -6.11. The summed E-state index contributed by atoms with van der Waals surface area (Å²) < 4.78 is 84.9. The molecule has 0 atom stereocenters. The molecule has 0 radical (unpaired) electrons. The summed E-state index contributed by atoms with van der Waals surface area (Å²) in [5, 5.41) is 11.3. The van der Waals surface area contributed by atoms with Gasteiger partial charge in [0.1, 0.15) is 18.0 Å². The molecule has 4 rings (SSSR count).